The van der Waals surface area contributed by atoms with E-state index in [9.17, 15) is 9.18 Å². The van der Waals surface area contributed by atoms with Gasteiger partial charge in [-0.25, -0.2) is 9.37 Å². The van der Waals surface area contributed by atoms with Crippen LogP contribution in [0.3, 0.4) is 0 Å². The molecular weight excluding hydrogens is 351 g/mol. The number of hydrogen-bond donors (Lipinski definition) is 1. The molecule has 26 heavy (non-hydrogen) atoms. The van der Waals surface area contributed by atoms with Crippen molar-refractivity contribution in [2.24, 2.45) is 0 Å². The van der Waals surface area contributed by atoms with Gasteiger partial charge in [0.15, 0.2) is 5.13 Å². The Balaban J connectivity index is 1.71. The molecule has 0 bridgehead atoms. The Morgan fingerprint density at radius 2 is 2.00 bits per heavy atom. The highest BCUT2D eigenvalue weighted by Gasteiger charge is 2.11. The predicted molar refractivity (Wildman–Crippen MR) is 103 cm³/mol. The van der Waals surface area contributed by atoms with Crippen molar-refractivity contribution in [3.05, 3.63) is 70.9 Å². The molecule has 4 nitrogen and oxygen atoms in total. The maximum Gasteiger partial charge on any atom is 0.250 e. The van der Waals surface area contributed by atoms with Crippen LogP contribution in [0.15, 0.2) is 54.6 Å². The number of halogens is 1. The summed E-state index contributed by atoms with van der Waals surface area (Å²) in [5, 5.41) is 3.26. The fourth-order valence-electron chi connectivity index (χ4n) is 2.40. The van der Waals surface area contributed by atoms with E-state index >= 15 is 0 Å². The Kier molecular flexibility index (Phi) is 5.43. The second-order valence-electron chi connectivity index (χ2n) is 5.53. The van der Waals surface area contributed by atoms with Gasteiger partial charge in [0, 0.05) is 16.5 Å². The van der Waals surface area contributed by atoms with Crippen molar-refractivity contribution in [2.75, 3.05) is 12.4 Å². The molecule has 0 fully saturated rings. The molecule has 0 aliphatic carbocycles. The largest absolute Gasteiger partial charge is 0.497 e. The fourth-order valence-corrected chi connectivity index (χ4v) is 3.23. The van der Waals surface area contributed by atoms with Crippen molar-refractivity contribution in [1.82, 2.24) is 4.98 Å². The third kappa shape index (κ3) is 4.34. The molecule has 1 aromatic heterocycles. The second kappa shape index (κ2) is 7.93. The van der Waals surface area contributed by atoms with Crippen LogP contribution < -0.4 is 10.1 Å². The van der Waals surface area contributed by atoms with Crippen LogP contribution >= 0.6 is 11.3 Å². The average Bonchev–Trinajstić information content (AvgIpc) is 3.00. The van der Waals surface area contributed by atoms with E-state index in [0.717, 1.165) is 21.9 Å². The van der Waals surface area contributed by atoms with Crippen LogP contribution in [0.4, 0.5) is 9.52 Å². The Labute approximate surface area is 155 Å². The van der Waals surface area contributed by atoms with E-state index in [2.05, 4.69) is 10.3 Å². The molecule has 3 aromatic rings. The number of aryl methyl sites for hydroxylation is 1. The predicted octanol–water partition coefficient (Wildman–Crippen LogP) is 4.92. The quantitative estimate of drug-likeness (QED) is 0.651. The van der Waals surface area contributed by atoms with Crippen LogP contribution in [0.2, 0.25) is 0 Å². The molecule has 3 rings (SSSR count). The first-order chi connectivity index (χ1) is 12.5. The summed E-state index contributed by atoms with van der Waals surface area (Å²) in [6.45, 7) is 1.95. The molecule has 0 atom stereocenters. The molecule has 0 saturated heterocycles. The molecule has 0 aliphatic rings. The summed E-state index contributed by atoms with van der Waals surface area (Å²) in [7, 11) is 1.62. The van der Waals surface area contributed by atoms with Gasteiger partial charge in [-0.1, -0.05) is 12.1 Å². The molecule has 132 valence electrons. The van der Waals surface area contributed by atoms with E-state index in [1.54, 1.807) is 25.3 Å². The first-order valence-corrected chi connectivity index (χ1v) is 8.73. The number of aromatic nitrogens is 1. The third-order valence-electron chi connectivity index (χ3n) is 3.67. The minimum absolute atomic E-state index is 0.315. The zero-order valence-corrected chi connectivity index (χ0v) is 15.1. The van der Waals surface area contributed by atoms with E-state index in [4.69, 9.17) is 4.74 Å². The molecule has 1 heterocycles. The summed E-state index contributed by atoms with van der Waals surface area (Å²) < 4.78 is 18.3. The lowest BCUT2D eigenvalue weighted by Gasteiger charge is -2.01. The van der Waals surface area contributed by atoms with Gasteiger partial charge in [-0.2, -0.15) is 0 Å². The van der Waals surface area contributed by atoms with Crippen LogP contribution in [0.1, 0.15) is 10.4 Å². The minimum atomic E-state index is -0.341. The number of nitrogens with zero attached hydrogens (tertiary/aromatic N) is 1. The average molecular weight is 368 g/mol. The number of benzene rings is 2. The smallest absolute Gasteiger partial charge is 0.250 e. The summed E-state index contributed by atoms with van der Waals surface area (Å²) in [4.78, 5) is 17.6. The van der Waals surface area contributed by atoms with E-state index in [0.29, 0.717) is 10.7 Å². The van der Waals surface area contributed by atoms with E-state index in [1.807, 2.05) is 31.2 Å². The van der Waals surface area contributed by atoms with Gasteiger partial charge in [-0.05, 0) is 55.0 Å². The van der Waals surface area contributed by atoms with Crippen LogP contribution in [0, 0.1) is 12.7 Å². The topological polar surface area (TPSA) is 51.2 Å². The highest BCUT2D eigenvalue weighted by atomic mass is 32.1. The SMILES string of the molecule is COc1ccc(-c2nc(NC(=O)/C=C/c3cccc(F)c3)sc2C)cc1. The van der Waals surface area contributed by atoms with E-state index in [1.165, 1.54) is 29.5 Å². The first-order valence-electron chi connectivity index (χ1n) is 7.91. The number of anilines is 1. The maximum absolute atomic E-state index is 13.1. The lowest BCUT2D eigenvalue weighted by Crippen LogP contribution is -2.07. The fraction of sp³-hybridized carbons (Fsp3) is 0.100. The standard InChI is InChI=1S/C20H17FN2O2S/c1-13-19(15-7-9-17(25-2)10-8-15)23-20(26-13)22-18(24)11-6-14-4-3-5-16(21)12-14/h3-12H,1-2H3,(H,22,23,24)/b11-6+. The number of rotatable bonds is 5. The number of amides is 1. The first kappa shape index (κ1) is 17.8. The van der Waals surface area contributed by atoms with Crippen LogP contribution in [-0.4, -0.2) is 18.0 Å². The molecule has 0 aliphatic heterocycles. The third-order valence-corrected chi connectivity index (χ3v) is 4.55. The molecular formula is C20H17FN2O2S. The van der Waals surface area contributed by atoms with Gasteiger partial charge < -0.3 is 4.74 Å². The Hall–Kier alpha value is -2.99. The molecule has 0 saturated carbocycles. The highest BCUT2D eigenvalue weighted by Crippen LogP contribution is 2.31. The van der Waals surface area contributed by atoms with Crippen molar-refractivity contribution < 1.29 is 13.9 Å². The molecule has 0 unspecified atom stereocenters. The Bertz CT molecular complexity index is 949. The molecule has 1 N–H and O–H groups in total. The van der Waals surface area contributed by atoms with Gasteiger partial charge in [-0.3, -0.25) is 10.1 Å². The lowest BCUT2D eigenvalue weighted by atomic mass is 10.1. The zero-order chi connectivity index (χ0) is 18.5. The molecule has 0 radical (unpaired) electrons. The van der Waals surface area contributed by atoms with Crippen LogP contribution in [0.25, 0.3) is 17.3 Å². The van der Waals surface area contributed by atoms with Crippen molar-refractivity contribution in [3.8, 4) is 17.0 Å². The summed E-state index contributed by atoms with van der Waals surface area (Å²) in [5.41, 5.74) is 2.40. The zero-order valence-electron chi connectivity index (χ0n) is 14.3. The Morgan fingerprint density at radius 1 is 1.23 bits per heavy atom. The molecule has 2 aromatic carbocycles. The van der Waals surface area contributed by atoms with E-state index < -0.39 is 0 Å². The van der Waals surface area contributed by atoms with Crippen LogP contribution in [-0.2, 0) is 4.79 Å². The number of carbonyl (C=O) groups is 1. The number of carbonyl (C=O) groups excluding carboxylic acids is 1. The van der Waals surface area contributed by atoms with Crippen LogP contribution in [0.5, 0.6) is 5.75 Å². The number of nitrogens with one attached hydrogen (secondary N) is 1. The van der Waals surface area contributed by atoms with Gasteiger partial charge in [-0.15, -0.1) is 11.3 Å². The van der Waals surface area contributed by atoms with Crippen molar-refractivity contribution in [3.63, 3.8) is 0 Å². The monoisotopic (exact) mass is 368 g/mol. The normalized spacial score (nSPS) is 10.9. The number of ether oxygens (including phenoxy) is 1. The summed E-state index contributed by atoms with van der Waals surface area (Å²) >= 11 is 1.40. The Morgan fingerprint density at radius 3 is 2.69 bits per heavy atom. The number of hydrogen-bond acceptors (Lipinski definition) is 4. The summed E-state index contributed by atoms with van der Waals surface area (Å²) in [6.07, 6.45) is 2.92. The van der Waals surface area contributed by atoms with Crippen molar-refractivity contribution in [2.45, 2.75) is 6.92 Å². The summed E-state index contributed by atoms with van der Waals surface area (Å²) in [5.74, 6) is 0.120. The molecule has 0 spiro atoms. The molecule has 6 heteroatoms. The van der Waals surface area contributed by atoms with E-state index in [-0.39, 0.29) is 11.7 Å². The van der Waals surface area contributed by atoms with Crippen molar-refractivity contribution in [1.29, 1.82) is 0 Å². The summed E-state index contributed by atoms with van der Waals surface area (Å²) in [6, 6.07) is 13.6. The van der Waals surface area contributed by atoms with Gasteiger partial charge in [0.25, 0.3) is 0 Å². The number of thiazole rings is 1. The highest BCUT2D eigenvalue weighted by molar-refractivity contribution is 7.16. The van der Waals surface area contributed by atoms with Crippen molar-refractivity contribution >= 4 is 28.5 Å². The van der Waals surface area contributed by atoms with Gasteiger partial charge >= 0.3 is 0 Å². The minimum Gasteiger partial charge on any atom is -0.497 e. The molecule has 1 amide bonds. The van der Waals surface area contributed by atoms with Gasteiger partial charge in [0.2, 0.25) is 5.91 Å². The van der Waals surface area contributed by atoms with Gasteiger partial charge in [0.05, 0.1) is 12.8 Å². The second-order valence-corrected chi connectivity index (χ2v) is 6.73. The van der Waals surface area contributed by atoms with Gasteiger partial charge in [0.1, 0.15) is 11.6 Å². The maximum atomic E-state index is 13.1. The number of methoxy groups -OCH3 is 1. The lowest BCUT2D eigenvalue weighted by molar-refractivity contribution is -0.111.